The molecule has 0 saturated carbocycles. The zero-order valence-corrected chi connectivity index (χ0v) is 9.23. The Morgan fingerprint density at radius 2 is 1.86 bits per heavy atom. The van der Waals surface area contributed by atoms with Gasteiger partial charge in [0.1, 0.15) is 11.5 Å². The number of ether oxygens (including phenoxy) is 1. The summed E-state index contributed by atoms with van der Waals surface area (Å²) in [6, 6.07) is 9.32. The molecule has 0 N–H and O–H groups in total. The van der Waals surface area contributed by atoms with Gasteiger partial charge in [0.15, 0.2) is 0 Å². The van der Waals surface area contributed by atoms with Crippen LogP contribution in [0.5, 0.6) is 11.5 Å². The summed E-state index contributed by atoms with van der Waals surface area (Å²) in [5.74, 6) is 1.73. The Hall–Kier alpha value is -0.990. The van der Waals surface area contributed by atoms with Crippen molar-refractivity contribution in [1.29, 1.82) is 0 Å². The maximum atomic E-state index is 5.77. The predicted molar refractivity (Wildman–Crippen MR) is 60.6 cm³/mol. The Morgan fingerprint density at radius 3 is 2.43 bits per heavy atom. The van der Waals surface area contributed by atoms with Crippen LogP contribution in [-0.2, 0) is 0 Å². The minimum Gasteiger partial charge on any atom is -0.456 e. The Morgan fingerprint density at radius 1 is 1.14 bits per heavy atom. The number of aryl methyl sites for hydroxylation is 1. The van der Waals surface area contributed by atoms with Gasteiger partial charge in [0.2, 0.25) is 0 Å². The molecular weight excluding hydrogens is 216 g/mol. The molecule has 14 heavy (non-hydrogen) atoms. The quantitative estimate of drug-likeness (QED) is 0.730. The van der Waals surface area contributed by atoms with Crippen LogP contribution in [0.3, 0.4) is 0 Å². The minimum atomic E-state index is 0.722. The predicted octanol–water partition coefficient (Wildman–Crippen LogP) is 4.50. The van der Waals surface area contributed by atoms with E-state index in [1.165, 1.54) is 4.88 Å². The topological polar surface area (TPSA) is 9.23 Å². The Balaban J connectivity index is 2.19. The van der Waals surface area contributed by atoms with E-state index in [1.54, 1.807) is 11.3 Å². The highest BCUT2D eigenvalue weighted by Gasteiger charge is 2.01. The lowest BCUT2D eigenvalue weighted by molar-refractivity contribution is 0.482. The van der Waals surface area contributed by atoms with Crippen LogP contribution in [0.4, 0.5) is 0 Å². The second-order valence-electron chi connectivity index (χ2n) is 2.90. The highest BCUT2D eigenvalue weighted by Crippen LogP contribution is 2.29. The lowest BCUT2D eigenvalue weighted by Gasteiger charge is -2.04. The van der Waals surface area contributed by atoms with Crippen molar-refractivity contribution in [1.82, 2.24) is 0 Å². The Bertz CT molecular complexity index is 419. The Labute approximate surface area is 91.9 Å². The molecule has 0 spiro atoms. The van der Waals surface area contributed by atoms with E-state index in [2.05, 4.69) is 0 Å². The summed E-state index contributed by atoms with van der Waals surface area (Å²) in [5, 5.41) is 2.74. The van der Waals surface area contributed by atoms with Crippen molar-refractivity contribution in [2.45, 2.75) is 6.92 Å². The first-order chi connectivity index (χ1) is 6.75. The lowest BCUT2D eigenvalue weighted by Crippen LogP contribution is -1.82. The van der Waals surface area contributed by atoms with E-state index in [0.29, 0.717) is 0 Å². The van der Waals surface area contributed by atoms with Gasteiger partial charge >= 0.3 is 0 Å². The zero-order chi connectivity index (χ0) is 9.97. The van der Waals surface area contributed by atoms with Gasteiger partial charge in [-0.3, -0.25) is 0 Å². The number of thiophene rings is 1. The summed E-state index contributed by atoms with van der Waals surface area (Å²) in [5.41, 5.74) is 0. The summed E-state index contributed by atoms with van der Waals surface area (Å²) in [4.78, 5) is 1.18. The average Bonchev–Trinajstić information content (AvgIpc) is 2.56. The van der Waals surface area contributed by atoms with Crippen LogP contribution in [0.25, 0.3) is 0 Å². The van der Waals surface area contributed by atoms with E-state index in [0.717, 1.165) is 16.5 Å². The van der Waals surface area contributed by atoms with Crippen LogP contribution in [-0.4, -0.2) is 0 Å². The molecule has 0 aliphatic heterocycles. The zero-order valence-electron chi connectivity index (χ0n) is 7.66. The van der Waals surface area contributed by atoms with E-state index in [-0.39, 0.29) is 0 Å². The summed E-state index contributed by atoms with van der Waals surface area (Å²) in [6.07, 6.45) is 0. The maximum absolute atomic E-state index is 5.77. The minimum absolute atomic E-state index is 0.722. The molecular formula is C11H9ClOS. The molecule has 0 fully saturated rings. The molecule has 1 nitrogen and oxygen atoms in total. The molecule has 72 valence electrons. The fraction of sp³-hybridized carbons (Fsp3) is 0.0909. The SMILES string of the molecule is Cc1sccc1Oc1ccc(Cl)cc1. The van der Waals surface area contributed by atoms with Crippen molar-refractivity contribution in [3.63, 3.8) is 0 Å². The van der Waals surface area contributed by atoms with E-state index < -0.39 is 0 Å². The number of halogens is 1. The van der Waals surface area contributed by atoms with Crippen LogP contribution >= 0.6 is 22.9 Å². The van der Waals surface area contributed by atoms with Crippen molar-refractivity contribution >= 4 is 22.9 Å². The second kappa shape index (κ2) is 4.03. The van der Waals surface area contributed by atoms with Crippen LogP contribution in [0, 0.1) is 6.92 Å². The molecule has 0 aliphatic rings. The second-order valence-corrected chi connectivity index (χ2v) is 4.45. The van der Waals surface area contributed by atoms with Crippen molar-refractivity contribution < 1.29 is 4.74 Å². The number of rotatable bonds is 2. The van der Waals surface area contributed by atoms with Crippen molar-refractivity contribution in [2.75, 3.05) is 0 Å². The van der Waals surface area contributed by atoms with Gasteiger partial charge in [-0.1, -0.05) is 11.6 Å². The summed E-state index contributed by atoms with van der Waals surface area (Å²) in [6.45, 7) is 2.04. The van der Waals surface area contributed by atoms with Crippen LogP contribution in [0.2, 0.25) is 5.02 Å². The number of hydrogen-bond donors (Lipinski definition) is 0. The molecule has 1 heterocycles. The van der Waals surface area contributed by atoms with Gasteiger partial charge in [0, 0.05) is 9.90 Å². The van der Waals surface area contributed by atoms with Crippen molar-refractivity contribution in [3.8, 4) is 11.5 Å². The van der Waals surface area contributed by atoms with Gasteiger partial charge in [0.05, 0.1) is 0 Å². The molecule has 0 bridgehead atoms. The van der Waals surface area contributed by atoms with Gasteiger partial charge in [-0.15, -0.1) is 11.3 Å². The van der Waals surface area contributed by atoms with Gasteiger partial charge in [-0.2, -0.15) is 0 Å². The third-order valence-corrected chi connectivity index (χ3v) is 2.93. The van der Waals surface area contributed by atoms with Crippen molar-refractivity contribution in [2.24, 2.45) is 0 Å². The summed E-state index contributed by atoms with van der Waals surface area (Å²) in [7, 11) is 0. The first-order valence-electron chi connectivity index (χ1n) is 4.23. The number of benzene rings is 1. The maximum Gasteiger partial charge on any atom is 0.141 e. The molecule has 0 amide bonds. The van der Waals surface area contributed by atoms with E-state index in [4.69, 9.17) is 16.3 Å². The molecule has 3 heteroatoms. The monoisotopic (exact) mass is 224 g/mol. The van der Waals surface area contributed by atoms with E-state index in [1.807, 2.05) is 42.6 Å². The average molecular weight is 225 g/mol. The Kier molecular flexibility index (Phi) is 2.75. The van der Waals surface area contributed by atoms with Crippen LogP contribution in [0.15, 0.2) is 35.7 Å². The molecule has 0 saturated heterocycles. The largest absolute Gasteiger partial charge is 0.456 e. The van der Waals surface area contributed by atoms with Crippen molar-refractivity contribution in [3.05, 3.63) is 45.6 Å². The summed E-state index contributed by atoms with van der Waals surface area (Å²) >= 11 is 7.45. The van der Waals surface area contributed by atoms with Gasteiger partial charge < -0.3 is 4.74 Å². The standard InChI is InChI=1S/C11H9ClOS/c1-8-11(6-7-14-8)13-10-4-2-9(12)3-5-10/h2-7H,1H3. The lowest BCUT2D eigenvalue weighted by atomic mass is 10.3. The summed E-state index contributed by atoms with van der Waals surface area (Å²) < 4.78 is 5.66. The molecule has 1 aromatic carbocycles. The van der Waals surface area contributed by atoms with Crippen LogP contribution < -0.4 is 4.74 Å². The highest BCUT2D eigenvalue weighted by atomic mass is 35.5. The first-order valence-corrected chi connectivity index (χ1v) is 5.49. The number of hydrogen-bond acceptors (Lipinski definition) is 2. The molecule has 0 unspecified atom stereocenters. The molecule has 2 rings (SSSR count). The van der Waals surface area contributed by atoms with Crippen LogP contribution in [0.1, 0.15) is 4.88 Å². The smallest absolute Gasteiger partial charge is 0.141 e. The van der Waals surface area contributed by atoms with Gasteiger partial charge in [-0.25, -0.2) is 0 Å². The normalized spacial score (nSPS) is 10.1. The van der Waals surface area contributed by atoms with Gasteiger partial charge in [0.25, 0.3) is 0 Å². The fourth-order valence-electron chi connectivity index (χ4n) is 1.11. The fourth-order valence-corrected chi connectivity index (χ4v) is 1.86. The molecule has 0 aliphatic carbocycles. The first kappa shape index (κ1) is 9.56. The molecule has 1 aromatic heterocycles. The third-order valence-electron chi connectivity index (χ3n) is 1.85. The third kappa shape index (κ3) is 2.08. The van der Waals surface area contributed by atoms with E-state index in [9.17, 15) is 0 Å². The van der Waals surface area contributed by atoms with E-state index >= 15 is 0 Å². The molecule has 0 radical (unpaired) electrons. The molecule has 0 atom stereocenters. The van der Waals surface area contributed by atoms with Gasteiger partial charge in [-0.05, 0) is 42.6 Å². The highest BCUT2D eigenvalue weighted by molar-refractivity contribution is 7.10. The molecule has 2 aromatic rings.